The first-order valence-corrected chi connectivity index (χ1v) is 9.23. The van der Waals surface area contributed by atoms with Crippen LogP contribution in [0.3, 0.4) is 0 Å². The number of rotatable bonds is 5. The highest BCUT2D eigenvalue weighted by molar-refractivity contribution is 5.81. The highest BCUT2D eigenvalue weighted by Crippen LogP contribution is 2.30. The summed E-state index contributed by atoms with van der Waals surface area (Å²) in [5.74, 6) is 2.06. The molecule has 0 aromatic carbocycles. The monoisotopic (exact) mass is 294 g/mol. The van der Waals surface area contributed by atoms with Gasteiger partial charge >= 0.3 is 0 Å². The Bertz CT molecular complexity index is 302. The Kier molecular flexibility index (Phi) is 7.01. The van der Waals surface area contributed by atoms with E-state index in [1.807, 2.05) is 6.92 Å². The largest absolute Gasteiger partial charge is 0.341 e. The summed E-state index contributed by atoms with van der Waals surface area (Å²) in [5, 5.41) is 3.51. The summed E-state index contributed by atoms with van der Waals surface area (Å²) < 4.78 is 0. The van der Waals surface area contributed by atoms with Gasteiger partial charge in [-0.05, 0) is 51.0 Å². The predicted molar refractivity (Wildman–Crippen MR) is 88.3 cm³/mol. The Balaban J connectivity index is 1.68. The second-order valence-electron chi connectivity index (χ2n) is 7.16. The molecule has 1 atom stereocenters. The zero-order valence-corrected chi connectivity index (χ0v) is 14.1. The van der Waals surface area contributed by atoms with E-state index in [9.17, 15) is 4.79 Å². The minimum absolute atomic E-state index is 0.00741. The van der Waals surface area contributed by atoms with Gasteiger partial charge in [-0.25, -0.2) is 0 Å². The Labute approximate surface area is 130 Å². The summed E-state index contributed by atoms with van der Waals surface area (Å²) >= 11 is 0. The molecule has 1 saturated carbocycles. The van der Waals surface area contributed by atoms with E-state index in [4.69, 9.17) is 0 Å². The molecule has 2 fully saturated rings. The van der Waals surface area contributed by atoms with Gasteiger partial charge in [-0.2, -0.15) is 0 Å². The fourth-order valence-corrected chi connectivity index (χ4v) is 3.84. The summed E-state index contributed by atoms with van der Waals surface area (Å²) in [5.41, 5.74) is 0. The lowest BCUT2D eigenvalue weighted by molar-refractivity contribution is -0.133. The van der Waals surface area contributed by atoms with Crippen LogP contribution in [0.4, 0.5) is 0 Å². The highest BCUT2D eigenvalue weighted by atomic mass is 16.2. The molecule has 1 saturated heterocycles. The van der Waals surface area contributed by atoms with Crippen molar-refractivity contribution >= 4 is 5.91 Å². The second-order valence-corrected chi connectivity index (χ2v) is 7.16. The van der Waals surface area contributed by atoms with Crippen LogP contribution in [0.5, 0.6) is 0 Å². The van der Waals surface area contributed by atoms with Gasteiger partial charge in [-0.15, -0.1) is 0 Å². The van der Waals surface area contributed by atoms with Crippen LogP contribution in [0.1, 0.15) is 71.6 Å². The molecule has 1 N–H and O–H groups in total. The number of nitrogens with one attached hydrogen (secondary N) is 1. The fraction of sp³-hybridized carbons (Fsp3) is 0.944. The Morgan fingerprint density at radius 1 is 1.05 bits per heavy atom. The number of hydrogen-bond acceptors (Lipinski definition) is 2. The minimum atomic E-state index is -0.00741. The van der Waals surface area contributed by atoms with Gasteiger partial charge in [-0.3, -0.25) is 4.79 Å². The number of hydrogen-bond donors (Lipinski definition) is 1. The predicted octanol–water partition coefficient (Wildman–Crippen LogP) is 3.58. The number of amides is 1. The summed E-state index contributed by atoms with van der Waals surface area (Å²) in [6.07, 6.45) is 11.7. The molecule has 21 heavy (non-hydrogen) atoms. The molecule has 0 spiro atoms. The van der Waals surface area contributed by atoms with Gasteiger partial charge in [0.25, 0.3) is 0 Å². The molecule has 1 heterocycles. The van der Waals surface area contributed by atoms with Crippen LogP contribution in [0.25, 0.3) is 0 Å². The van der Waals surface area contributed by atoms with Gasteiger partial charge in [0, 0.05) is 13.1 Å². The zero-order valence-electron chi connectivity index (χ0n) is 14.1. The van der Waals surface area contributed by atoms with Gasteiger partial charge in [0.15, 0.2) is 0 Å². The van der Waals surface area contributed by atoms with E-state index in [1.165, 1.54) is 57.8 Å². The molecule has 1 aliphatic heterocycles. The number of carbonyl (C=O) groups is 1. The molecule has 0 radical (unpaired) electrons. The van der Waals surface area contributed by atoms with E-state index in [0.29, 0.717) is 5.91 Å². The van der Waals surface area contributed by atoms with Crippen molar-refractivity contribution < 1.29 is 4.79 Å². The summed E-state index contributed by atoms with van der Waals surface area (Å²) in [4.78, 5) is 14.6. The number of nitrogens with zero attached hydrogens (tertiary/aromatic N) is 1. The average molecular weight is 294 g/mol. The Morgan fingerprint density at radius 2 is 1.62 bits per heavy atom. The Hall–Kier alpha value is -0.570. The first-order chi connectivity index (χ1) is 10.2. The highest BCUT2D eigenvalue weighted by Gasteiger charge is 2.24. The lowest BCUT2D eigenvalue weighted by atomic mass is 9.81. The third-order valence-corrected chi connectivity index (χ3v) is 5.54. The maximum atomic E-state index is 12.5. The van der Waals surface area contributed by atoms with Crippen LogP contribution in [0, 0.1) is 11.8 Å². The van der Waals surface area contributed by atoms with Crippen LogP contribution in [-0.4, -0.2) is 36.5 Å². The first kappa shape index (κ1) is 16.8. The van der Waals surface area contributed by atoms with Gasteiger partial charge < -0.3 is 10.2 Å². The van der Waals surface area contributed by atoms with Crippen molar-refractivity contribution in [3.8, 4) is 0 Å². The first-order valence-electron chi connectivity index (χ1n) is 9.23. The SMILES string of the molecule is CCC1CCC(CNC(C)C(=O)N2CCCCCC2)CC1. The molecule has 0 aromatic heterocycles. The van der Waals surface area contributed by atoms with Gasteiger partial charge in [0.05, 0.1) is 6.04 Å². The van der Waals surface area contributed by atoms with Crippen molar-refractivity contribution in [1.29, 1.82) is 0 Å². The van der Waals surface area contributed by atoms with E-state index in [2.05, 4.69) is 17.1 Å². The van der Waals surface area contributed by atoms with E-state index in [-0.39, 0.29) is 6.04 Å². The second kappa shape index (κ2) is 8.77. The third-order valence-electron chi connectivity index (χ3n) is 5.54. The van der Waals surface area contributed by atoms with Crippen molar-refractivity contribution in [2.24, 2.45) is 11.8 Å². The number of carbonyl (C=O) groups excluding carboxylic acids is 1. The summed E-state index contributed by atoms with van der Waals surface area (Å²) in [6, 6.07) is -0.00741. The average Bonchev–Trinajstić information content (AvgIpc) is 2.81. The fourth-order valence-electron chi connectivity index (χ4n) is 3.84. The Morgan fingerprint density at radius 3 is 2.19 bits per heavy atom. The van der Waals surface area contributed by atoms with Crippen molar-refractivity contribution in [2.45, 2.75) is 77.7 Å². The van der Waals surface area contributed by atoms with Gasteiger partial charge in [0.1, 0.15) is 0 Å². The van der Waals surface area contributed by atoms with Crippen LogP contribution in [0.2, 0.25) is 0 Å². The van der Waals surface area contributed by atoms with E-state index < -0.39 is 0 Å². The van der Waals surface area contributed by atoms with Crippen LogP contribution < -0.4 is 5.32 Å². The lowest BCUT2D eigenvalue weighted by Gasteiger charge is -2.30. The standard InChI is InChI=1S/C18H34N2O/c1-3-16-8-10-17(11-9-16)14-19-15(2)18(21)20-12-6-4-5-7-13-20/h15-17,19H,3-14H2,1-2H3. The maximum Gasteiger partial charge on any atom is 0.239 e. The molecule has 1 unspecified atom stereocenters. The topological polar surface area (TPSA) is 32.3 Å². The van der Waals surface area contributed by atoms with Crippen LogP contribution in [0.15, 0.2) is 0 Å². The quantitative estimate of drug-likeness (QED) is 0.840. The molecular weight excluding hydrogens is 260 g/mol. The molecule has 1 amide bonds. The van der Waals surface area contributed by atoms with Crippen molar-refractivity contribution in [2.75, 3.05) is 19.6 Å². The normalized spacial score (nSPS) is 29.0. The molecule has 3 nitrogen and oxygen atoms in total. The van der Waals surface area contributed by atoms with Gasteiger partial charge in [-0.1, -0.05) is 39.0 Å². The van der Waals surface area contributed by atoms with Crippen molar-refractivity contribution in [3.63, 3.8) is 0 Å². The minimum Gasteiger partial charge on any atom is -0.341 e. The van der Waals surface area contributed by atoms with Crippen LogP contribution in [-0.2, 0) is 4.79 Å². The van der Waals surface area contributed by atoms with Crippen molar-refractivity contribution in [1.82, 2.24) is 10.2 Å². The van der Waals surface area contributed by atoms with E-state index >= 15 is 0 Å². The number of likely N-dealkylation sites (tertiary alicyclic amines) is 1. The molecular formula is C18H34N2O. The summed E-state index contributed by atoms with van der Waals surface area (Å²) in [6.45, 7) is 7.31. The zero-order chi connectivity index (χ0) is 15.1. The van der Waals surface area contributed by atoms with Crippen LogP contribution >= 0.6 is 0 Å². The maximum absolute atomic E-state index is 12.5. The molecule has 122 valence electrons. The molecule has 2 aliphatic rings. The smallest absolute Gasteiger partial charge is 0.239 e. The third kappa shape index (κ3) is 5.28. The molecule has 0 aromatic rings. The molecule has 1 aliphatic carbocycles. The molecule has 2 rings (SSSR count). The van der Waals surface area contributed by atoms with E-state index in [0.717, 1.165) is 31.5 Å². The lowest BCUT2D eigenvalue weighted by Crippen LogP contribution is -2.46. The van der Waals surface area contributed by atoms with Crippen molar-refractivity contribution in [3.05, 3.63) is 0 Å². The van der Waals surface area contributed by atoms with Gasteiger partial charge in [0.2, 0.25) is 5.91 Å². The molecule has 3 heteroatoms. The molecule has 0 bridgehead atoms. The summed E-state index contributed by atoms with van der Waals surface area (Å²) in [7, 11) is 0. The van der Waals surface area contributed by atoms with E-state index in [1.54, 1.807) is 0 Å².